The Hall–Kier alpha value is -2.32. The first-order valence-electron chi connectivity index (χ1n) is 8.82. The molecule has 0 saturated carbocycles. The Morgan fingerprint density at radius 1 is 1.19 bits per heavy atom. The number of rotatable bonds is 3. The SMILES string of the molecule is CC1=C(C2CCN(c3nnnn3-c3ccc(Cl)c(C)c3)CC2)NC(N)N1. The van der Waals surface area contributed by atoms with Gasteiger partial charge in [0.05, 0.1) is 5.69 Å². The summed E-state index contributed by atoms with van der Waals surface area (Å²) in [5.74, 6) is 1.25. The molecule has 0 bridgehead atoms. The molecule has 8 nitrogen and oxygen atoms in total. The van der Waals surface area contributed by atoms with Crippen molar-refractivity contribution in [1.82, 2.24) is 30.8 Å². The number of allylic oxidation sites excluding steroid dienone is 2. The standard InChI is InChI=1S/C17H23ClN8/c1-10-9-13(3-4-14(10)18)26-17(22-23-24-26)25-7-5-12(6-8-25)15-11(2)20-16(19)21-15/h3-4,9,12,16,20-21H,5-8,19H2,1-2H3. The van der Waals surface area contributed by atoms with Gasteiger partial charge in [-0.25, -0.2) is 0 Å². The number of aryl methyl sites for hydroxylation is 1. The molecule has 2 aliphatic rings. The molecular weight excluding hydrogens is 352 g/mol. The molecule has 0 aliphatic carbocycles. The lowest BCUT2D eigenvalue weighted by Gasteiger charge is -2.33. The molecule has 0 radical (unpaired) electrons. The number of nitrogens with two attached hydrogens (primary N) is 1. The molecule has 4 rings (SSSR count). The quantitative estimate of drug-likeness (QED) is 0.749. The van der Waals surface area contributed by atoms with Crippen LogP contribution in [0.4, 0.5) is 5.95 Å². The molecule has 138 valence electrons. The van der Waals surface area contributed by atoms with Crippen molar-refractivity contribution in [1.29, 1.82) is 0 Å². The molecule has 2 aliphatic heterocycles. The molecule has 26 heavy (non-hydrogen) atoms. The van der Waals surface area contributed by atoms with Gasteiger partial charge in [0.25, 0.3) is 0 Å². The van der Waals surface area contributed by atoms with Crippen LogP contribution < -0.4 is 21.3 Å². The first kappa shape index (κ1) is 17.1. The van der Waals surface area contributed by atoms with E-state index in [0.29, 0.717) is 5.92 Å². The van der Waals surface area contributed by atoms with Gasteiger partial charge in [-0.15, -0.1) is 0 Å². The second kappa shape index (κ2) is 6.77. The highest BCUT2D eigenvalue weighted by Gasteiger charge is 2.29. The summed E-state index contributed by atoms with van der Waals surface area (Å²) in [5.41, 5.74) is 10.2. The number of hydrogen-bond donors (Lipinski definition) is 3. The minimum absolute atomic E-state index is 0.177. The van der Waals surface area contributed by atoms with Crippen LogP contribution in [0.25, 0.3) is 5.69 Å². The summed E-state index contributed by atoms with van der Waals surface area (Å²) in [7, 11) is 0. The third kappa shape index (κ3) is 3.10. The van der Waals surface area contributed by atoms with E-state index in [-0.39, 0.29) is 6.29 Å². The van der Waals surface area contributed by atoms with Crippen LogP contribution in [0.2, 0.25) is 5.02 Å². The van der Waals surface area contributed by atoms with Crippen molar-refractivity contribution in [2.24, 2.45) is 11.7 Å². The van der Waals surface area contributed by atoms with Crippen molar-refractivity contribution in [2.45, 2.75) is 33.0 Å². The van der Waals surface area contributed by atoms with Gasteiger partial charge < -0.3 is 15.5 Å². The number of halogens is 1. The molecule has 1 aromatic heterocycles. The molecule has 4 N–H and O–H groups in total. The highest BCUT2D eigenvalue weighted by molar-refractivity contribution is 6.31. The van der Waals surface area contributed by atoms with E-state index in [0.717, 1.165) is 53.9 Å². The minimum Gasteiger partial charge on any atom is -0.355 e. The van der Waals surface area contributed by atoms with Crippen LogP contribution in [-0.4, -0.2) is 39.6 Å². The van der Waals surface area contributed by atoms with Gasteiger partial charge in [0.15, 0.2) is 0 Å². The number of hydrogen-bond acceptors (Lipinski definition) is 7. The van der Waals surface area contributed by atoms with Crippen molar-refractivity contribution in [3.63, 3.8) is 0 Å². The van der Waals surface area contributed by atoms with Crippen LogP contribution in [0.5, 0.6) is 0 Å². The van der Waals surface area contributed by atoms with Gasteiger partial charge in [-0.2, -0.15) is 4.68 Å². The second-order valence-corrected chi connectivity index (χ2v) is 7.30. The maximum Gasteiger partial charge on any atom is 0.250 e. The van der Waals surface area contributed by atoms with Crippen molar-refractivity contribution < 1.29 is 0 Å². The van der Waals surface area contributed by atoms with Gasteiger partial charge in [0, 0.05) is 35.4 Å². The highest BCUT2D eigenvalue weighted by atomic mass is 35.5. The van der Waals surface area contributed by atoms with Crippen LogP contribution in [0, 0.1) is 12.8 Å². The number of benzene rings is 1. The predicted octanol–water partition coefficient (Wildman–Crippen LogP) is 1.51. The van der Waals surface area contributed by atoms with Gasteiger partial charge in [-0.05, 0) is 60.9 Å². The lowest BCUT2D eigenvalue weighted by atomic mass is 9.93. The average molecular weight is 375 g/mol. The number of nitrogens with one attached hydrogen (secondary N) is 2. The van der Waals surface area contributed by atoms with E-state index in [1.165, 1.54) is 5.70 Å². The monoisotopic (exact) mass is 374 g/mol. The van der Waals surface area contributed by atoms with E-state index in [2.05, 4.69) is 38.0 Å². The van der Waals surface area contributed by atoms with Crippen LogP contribution >= 0.6 is 11.6 Å². The first-order chi connectivity index (χ1) is 12.5. The summed E-state index contributed by atoms with van der Waals surface area (Å²) in [6.45, 7) is 5.84. The Kier molecular flexibility index (Phi) is 4.46. The zero-order chi connectivity index (χ0) is 18.3. The van der Waals surface area contributed by atoms with E-state index in [9.17, 15) is 0 Å². The lowest BCUT2D eigenvalue weighted by Crippen LogP contribution is -2.43. The van der Waals surface area contributed by atoms with Crippen LogP contribution in [-0.2, 0) is 0 Å². The number of tetrazole rings is 1. The molecule has 1 aromatic carbocycles. The minimum atomic E-state index is -0.177. The van der Waals surface area contributed by atoms with E-state index >= 15 is 0 Å². The molecular formula is C17H23ClN8. The summed E-state index contributed by atoms with van der Waals surface area (Å²) in [4.78, 5) is 2.23. The van der Waals surface area contributed by atoms with Gasteiger partial charge in [0.1, 0.15) is 6.29 Å². The van der Waals surface area contributed by atoms with Gasteiger partial charge >= 0.3 is 0 Å². The Balaban J connectivity index is 1.50. The fourth-order valence-electron chi connectivity index (χ4n) is 3.72. The Morgan fingerprint density at radius 3 is 2.62 bits per heavy atom. The van der Waals surface area contributed by atoms with Crippen LogP contribution in [0.3, 0.4) is 0 Å². The Morgan fingerprint density at radius 2 is 1.96 bits per heavy atom. The van der Waals surface area contributed by atoms with Gasteiger partial charge in [-0.3, -0.25) is 5.73 Å². The molecule has 3 heterocycles. The second-order valence-electron chi connectivity index (χ2n) is 6.89. The van der Waals surface area contributed by atoms with Gasteiger partial charge in [0.2, 0.25) is 5.95 Å². The molecule has 1 saturated heterocycles. The maximum absolute atomic E-state index is 6.14. The van der Waals surface area contributed by atoms with Crippen molar-refractivity contribution in [2.75, 3.05) is 18.0 Å². The Bertz CT molecular complexity index is 837. The van der Waals surface area contributed by atoms with Crippen molar-refractivity contribution in [3.8, 4) is 5.69 Å². The predicted molar refractivity (Wildman–Crippen MR) is 101 cm³/mol. The number of anilines is 1. The van der Waals surface area contributed by atoms with Gasteiger partial charge in [-0.1, -0.05) is 16.7 Å². The summed E-state index contributed by atoms with van der Waals surface area (Å²) in [6.07, 6.45) is 1.88. The zero-order valence-electron chi connectivity index (χ0n) is 14.9. The van der Waals surface area contributed by atoms with Crippen LogP contribution in [0.1, 0.15) is 25.3 Å². The molecule has 0 amide bonds. The Labute approximate surface area is 157 Å². The maximum atomic E-state index is 6.14. The highest BCUT2D eigenvalue weighted by Crippen LogP contribution is 2.29. The average Bonchev–Trinajstić information content (AvgIpc) is 3.24. The fraction of sp³-hybridized carbons (Fsp3) is 0.471. The molecule has 1 unspecified atom stereocenters. The summed E-state index contributed by atoms with van der Waals surface area (Å²) >= 11 is 6.14. The molecule has 1 fully saturated rings. The third-order valence-corrected chi connectivity index (χ3v) is 5.54. The fourth-order valence-corrected chi connectivity index (χ4v) is 3.84. The van der Waals surface area contributed by atoms with Crippen molar-refractivity contribution >= 4 is 17.5 Å². The van der Waals surface area contributed by atoms with Crippen molar-refractivity contribution in [3.05, 3.63) is 40.2 Å². The first-order valence-corrected chi connectivity index (χ1v) is 9.20. The number of nitrogens with zero attached hydrogens (tertiary/aromatic N) is 5. The molecule has 1 atom stereocenters. The topological polar surface area (TPSA) is 96.9 Å². The van der Waals surface area contributed by atoms with E-state index in [4.69, 9.17) is 17.3 Å². The van der Waals surface area contributed by atoms with E-state index in [1.807, 2.05) is 25.1 Å². The molecule has 0 spiro atoms. The molecule has 2 aromatic rings. The summed E-state index contributed by atoms with van der Waals surface area (Å²) in [5, 5.41) is 19.6. The third-order valence-electron chi connectivity index (χ3n) is 5.11. The molecule has 9 heteroatoms. The lowest BCUT2D eigenvalue weighted by molar-refractivity contribution is 0.425. The van der Waals surface area contributed by atoms with Crippen LogP contribution in [0.15, 0.2) is 29.6 Å². The number of piperidine rings is 1. The summed E-state index contributed by atoms with van der Waals surface area (Å²) < 4.78 is 1.78. The van der Waals surface area contributed by atoms with E-state index in [1.54, 1.807) is 4.68 Å². The largest absolute Gasteiger partial charge is 0.355 e. The zero-order valence-corrected chi connectivity index (χ0v) is 15.7. The van der Waals surface area contributed by atoms with E-state index < -0.39 is 0 Å². The normalized spacial score (nSPS) is 21.1. The smallest absolute Gasteiger partial charge is 0.250 e. The summed E-state index contributed by atoms with van der Waals surface area (Å²) in [6, 6.07) is 5.81. The number of aromatic nitrogens is 4.